The zero-order valence-electron chi connectivity index (χ0n) is 10.9. The Kier molecular flexibility index (Phi) is 3.99. The van der Waals surface area contributed by atoms with Crippen LogP contribution in [0.25, 0.3) is 0 Å². The van der Waals surface area contributed by atoms with Crippen LogP contribution in [0, 0.1) is 5.41 Å². The Labute approximate surface area is 104 Å². The molecule has 96 valence electrons. The second-order valence-electron chi connectivity index (χ2n) is 5.59. The fourth-order valence-electron chi connectivity index (χ4n) is 1.43. The summed E-state index contributed by atoms with van der Waals surface area (Å²) in [6.45, 7) is 6.30. The van der Waals surface area contributed by atoms with Crippen LogP contribution in [-0.4, -0.2) is 20.7 Å². The highest BCUT2D eigenvalue weighted by Crippen LogP contribution is 2.21. The molecule has 1 aromatic rings. The Bertz CT molecular complexity index is 469. The second kappa shape index (κ2) is 4.78. The van der Waals surface area contributed by atoms with Crippen LogP contribution in [-0.2, 0) is 16.3 Å². The van der Waals surface area contributed by atoms with Gasteiger partial charge in [0.2, 0.25) is 0 Å². The third-order valence-electron chi connectivity index (χ3n) is 2.92. The second-order valence-corrected chi connectivity index (χ2v) is 7.61. The molecule has 0 radical (unpaired) electrons. The Morgan fingerprint density at radius 3 is 2.00 bits per heavy atom. The average Bonchev–Trinajstić information content (AvgIpc) is 2.15. The van der Waals surface area contributed by atoms with Gasteiger partial charge in [-0.05, 0) is 29.5 Å². The van der Waals surface area contributed by atoms with Gasteiger partial charge in [-0.1, -0.05) is 32.9 Å². The lowest BCUT2D eigenvalue weighted by atomic mass is 9.84. The molecule has 17 heavy (non-hydrogen) atoms. The monoisotopic (exact) mass is 255 g/mol. The van der Waals surface area contributed by atoms with E-state index in [-0.39, 0.29) is 11.5 Å². The minimum Gasteiger partial charge on any atom is -0.327 e. The molecule has 0 heterocycles. The molecule has 1 rings (SSSR count). The first-order chi connectivity index (χ1) is 7.60. The molecule has 1 atom stereocenters. The van der Waals surface area contributed by atoms with Crippen LogP contribution in [0.5, 0.6) is 0 Å². The first-order valence-electron chi connectivity index (χ1n) is 5.65. The predicted octanol–water partition coefficient (Wildman–Crippen LogP) is 2.01. The predicted molar refractivity (Wildman–Crippen MR) is 70.7 cm³/mol. The summed E-state index contributed by atoms with van der Waals surface area (Å²) in [6, 6.07) is 7.01. The van der Waals surface area contributed by atoms with Gasteiger partial charge in [0.15, 0.2) is 9.84 Å². The molecule has 0 fully saturated rings. The summed E-state index contributed by atoms with van der Waals surface area (Å²) in [5.74, 6) is 0. The van der Waals surface area contributed by atoms with Crippen molar-refractivity contribution in [2.75, 3.05) is 6.26 Å². The van der Waals surface area contributed by atoms with Gasteiger partial charge in [0, 0.05) is 12.3 Å². The molecule has 0 saturated heterocycles. The molecule has 4 heteroatoms. The lowest BCUT2D eigenvalue weighted by molar-refractivity contribution is 0.318. The van der Waals surface area contributed by atoms with E-state index in [1.807, 2.05) is 12.1 Å². The Morgan fingerprint density at radius 1 is 1.18 bits per heavy atom. The molecule has 1 unspecified atom stereocenters. The van der Waals surface area contributed by atoms with Crippen molar-refractivity contribution in [3.8, 4) is 0 Å². The van der Waals surface area contributed by atoms with E-state index >= 15 is 0 Å². The van der Waals surface area contributed by atoms with E-state index < -0.39 is 9.84 Å². The van der Waals surface area contributed by atoms with E-state index in [0.29, 0.717) is 4.90 Å². The number of benzene rings is 1. The van der Waals surface area contributed by atoms with Crippen molar-refractivity contribution in [2.24, 2.45) is 11.1 Å². The number of rotatable bonds is 3. The van der Waals surface area contributed by atoms with Gasteiger partial charge in [0.25, 0.3) is 0 Å². The van der Waals surface area contributed by atoms with Gasteiger partial charge >= 0.3 is 0 Å². The maximum Gasteiger partial charge on any atom is 0.175 e. The smallest absolute Gasteiger partial charge is 0.175 e. The molecule has 0 amide bonds. The van der Waals surface area contributed by atoms with Crippen LogP contribution < -0.4 is 5.73 Å². The standard InChI is InChI=1S/C13H21NO2S/c1-13(2,3)12(14)9-10-5-7-11(8-6-10)17(4,15)16/h5-8,12H,9,14H2,1-4H3. The van der Waals surface area contributed by atoms with E-state index in [2.05, 4.69) is 20.8 Å². The third-order valence-corrected chi connectivity index (χ3v) is 4.05. The molecule has 1 aromatic carbocycles. The van der Waals surface area contributed by atoms with Gasteiger partial charge in [-0.15, -0.1) is 0 Å². The number of sulfone groups is 1. The van der Waals surface area contributed by atoms with Crippen LogP contribution in [0.1, 0.15) is 26.3 Å². The maximum atomic E-state index is 11.3. The van der Waals surface area contributed by atoms with Crippen LogP contribution in [0.2, 0.25) is 0 Å². The summed E-state index contributed by atoms with van der Waals surface area (Å²) in [4.78, 5) is 0.352. The van der Waals surface area contributed by atoms with E-state index in [1.54, 1.807) is 12.1 Å². The van der Waals surface area contributed by atoms with Crippen molar-refractivity contribution in [1.82, 2.24) is 0 Å². The van der Waals surface area contributed by atoms with E-state index in [4.69, 9.17) is 5.73 Å². The summed E-state index contributed by atoms with van der Waals surface area (Å²) < 4.78 is 22.6. The maximum absolute atomic E-state index is 11.3. The molecule has 0 spiro atoms. The zero-order chi connectivity index (χ0) is 13.3. The van der Waals surface area contributed by atoms with Crippen LogP contribution in [0.4, 0.5) is 0 Å². The van der Waals surface area contributed by atoms with Crippen molar-refractivity contribution >= 4 is 9.84 Å². The fraction of sp³-hybridized carbons (Fsp3) is 0.538. The average molecular weight is 255 g/mol. The van der Waals surface area contributed by atoms with Crippen molar-refractivity contribution < 1.29 is 8.42 Å². The van der Waals surface area contributed by atoms with Gasteiger partial charge in [-0.2, -0.15) is 0 Å². The minimum absolute atomic E-state index is 0.0511. The Balaban J connectivity index is 2.83. The van der Waals surface area contributed by atoms with Gasteiger partial charge in [-0.3, -0.25) is 0 Å². The minimum atomic E-state index is -3.11. The normalized spacial score (nSPS) is 14.6. The largest absolute Gasteiger partial charge is 0.327 e. The molecule has 0 saturated carbocycles. The molecular weight excluding hydrogens is 234 g/mol. The Hall–Kier alpha value is -0.870. The third kappa shape index (κ3) is 4.13. The van der Waals surface area contributed by atoms with E-state index in [0.717, 1.165) is 12.0 Å². The van der Waals surface area contributed by atoms with Crippen molar-refractivity contribution in [3.63, 3.8) is 0 Å². The van der Waals surface area contributed by atoms with Crippen LogP contribution in [0.15, 0.2) is 29.2 Å². The number of nitrogens with two attached hydrogens (primary N) is 1. The van der Waals surface area contributed by atoms with Crippen molar-refractivity contribution in [1.29, 1.82) is 0 Å². The highest BCUT2D eigenvalue weighted by Gasteiger charge is 2.20. The van der Waals surface area contributed by atoms with Gasteiger partial charge < -0.3 is 5.73 Å². The highest BCUT2D eigenvalue weighted by molar-refractivity contribution is 7.90. The highest BCUT2D eigenvalue weighted by atomic mass is 32.2. The summed E-state index contributed by atoms with van der Waals surface area (Å²) in [6.07, 6.45) is 1.97. The van der Waals surface area contributed by atoms with Gasteiger partial charge in [-0.25, -0.2) is 8.42 Å². The molecule has 0 aliphatic carbocycles. The first-order valence-corrected chi connectivity index (χ1v) is 7.54. The number of hydrogen-bond acceptors (Lipinski definition) is 3. The molecular formula is C13H21NO2S. The SMILES string of the molecule is CC(C)(C)C(N)Cc1ccc(S(C)(=O)=O)cc1. The van der Waals surface area contributed by atoms with Crippen molar-refractivity contribution in [2.45, 2.75) is 38.1 Å². The molecule has 0 aliphatic heterocycles. The molecule has 2 N–H and O–H groups in total. The summed E-state index contributed by atoms with van der Waals surface area (Å²) >= 11 is 0. The van der Waals surface area contributed by atoms with Gasteiger partial charge in [0.05, 0.1) is 4.90 Å². The van der Waals surface area contributed by atoms with E-state index in [1.165, 1.54) is 6.26 Å². The molecule has 0 aromatic heterocycles. The van der Waals surface area contributed by atoms with Gasteiger partial charge in [0.1, 0.15) is 0 Å². The number of hydrogen-bond donors (Lipinski definition) is 1. The topological polar surface area (TPSA) is 60.2 Å². The van der Waals surface area contributed by atoms with Crippen LogP contribution >= 0.6 is 0 Å². The lowest BCUT2D eigenvalue weighted by Crippen LogP contribution is -2.36. The summed E-state index contributed by atoms with van der Waals surface area (Å²) in [5.41, 5.74) is 7.21. The fourth-order valence-corrected chi connectivity index (χ4v) is 2.06. The molecule has 0 bridgehead atoms. The van der Waals surface area contributed by atoms with Crippen LogP contribution in [0.3, 0.4) is 0 Å². The lowest BCUT2D eigenvalue weighted by Gasteiger charge is -2.27. The zero-order valence-corrected chi connectivity index (χ0v) is 11.7. The van der Waals surface area contributed by atoms with Crippen molar-refractivity contribution in [3.05, 3.63) is 29.8 Å². The van der Waals surface area contributed by atoms with E-state index in [9.17, 15) is 8.42 Å². The quantitative estimate of drug-likeness (QED) is 0.898. The Morgan fingerprint density at radius 2 is 1.65 bits per heavy atom. The summed E-state index contributed by atoms with van der Waals surface area (Å²) in [5, 5.41) is 0. The first kappa shape index (κ1) is 14.2. The molecule has 3 nitrogen and oxygen atoms in total. The molecule has 0 aliphatic rings. The summed E-state index contributed by atoms with van der Waals surface area (Å²) in [7, 11) is -3.11.